The molecule has 0 bridgehead atoms. The van der Waals surface area contributed by atoms with Crippen molar-refractivity contribution in [3.63, 3.8) is 0 Å². The summed E-state index contributed by atoms with van der Waals surface area (Å²) in [5, 5.41) is 8.76. The second-order valence-electron chi connectivity index (χ2n) is 4.88. The molecule has 0 amide bonds. The summed E-state index contributed by atoms with van der Waals surface area (Å²) in [7, 11) is 1.32. The average molecular weight is 290 g/mol. The van der Waals surface area contributed by atoms with Gasteiger partial charge in [-0.05, 0) is 36.5 Å². The zero-order chi connectivity index (χ0) is 15.2. The molecule has 1 N–H and O–H groups in total. The van der Waals surface area contributed by atoms with Crippen molar-refractivity contribution in [2.75, 3.05) is 13.7 Å². The quantitative estimate of drug-likeness (QED) is 0.665. The molecule has 1 aliphatic carbocycles. The standard InChI is InChI=1S/C16H18O5/c1-20-16(19)10-21-14-7-3-5-12-11(8-9-15(17)18)4-2-6-13(12)14/h3,5,7-9,11H,2,4,6,10H2,1H3,(H,17,18). The van der Waals surface area contributed by atoms with Crippen LogP contribution in [0.25, 0.3) is 0 Å². The van der Waals surface area contributed by atoms with Gasteiger partial charge in [0.05, 0.1) is 7.11 Å². The Labute approximate surface area is 123 Å². The zero-order valence-corrected chi connectivity index (χ0v) is 11.9. The minimum Gasteiger partial charge on any atom is -0.482 e. The first-order valence-electron chi connectivity index (χ1n) is 6.84. The minimum atomic E-state index is -0.944. The number of carboxylic acids is 1. The average Bonchev–Trinajstić information content (AvgIpc) is 2.50. The number of benzene rings is 1. The third kappa shape index (κ3) is 3.84. The first-order chi connectivity index (χ1) is 10.1. The van der Waals surface area contributed by atoms with Crippen molar-refractivity contribution >= 4 is 11.9 Å². The first-order valence-corrected chi connectivity index (χ1v) is 6.84. The Morgan fingerprint density at radius 3 is 2.95 bits per heavy atom. The Morgan fingerprint density at radius 2 is 2.24 bits per heavy atom. The maximum atomic E-state index is 11.2. The molecule has 0 spiro atoms. The van der Waals surface area contributed by atoms with Crippen molar-refractivity contribution in [1.29, 1.82) is 0 Å². The number of esters is 1. The fraction of sp³-hybridized carbons (Fsp3) is 0.375. The van der Waals surface area contributed by atoms with Crippen LogP contribution in [0.2, 0.25) is 0 Å². The van der Waals surface area contributed by atoms with Crippen LogP contribution in [0.5, 0.6) is 5.75 Å². The van der Waals surface area contributed by atoms with Crippen LogP contribution in [0.15, 0.2) is 30.4 Å². The van der Waals surface area contributed by atoms with E-state index in [0.29, 0.717) is 5.75 Å². The molecule has 5 heteroatoms. The van der Waals surface area contributed by atoms with Crippen molar-refractivity contribution in [2.45, 2.75) is 25.2 Å². The Balaban J connectivity index is 2.21. The normalized spacial score (nSPS) is 17.3. The second kappa shape index (κ2) is 6.92. The molecule has 1 atom stereocenters. The maximum Gasteiger partial charge on any atom is 0.343 e. The van der Waals surface area contributed by atoms with Crippen molar-refractivity contribution in [2.24, 2.45) is 0 Å². The van der Waals surface area contributed by atoms with Crippen molar-refractivity contribution in [1.82, 2.24) is 0 Å². The molecule has 0 fully saturated rings. The lowest BCUT2D eigenvalue weighted by Crippen LogP contribution is -2.15. The lowest BCUT2D eigenvalue weighted by Gasteiger charge is -2.25. The summed E-state index contributed by atoms with van der Waals surface area (Å²) in [6, 6.07) is 5.67. The number of allylic oxidation sites excluding steroid dienone is 1. The van der Waals surface area contributed by atoms with E-state index in [0.717, 1.165) is 30.4 Å². The lowest BCUT2D eigenvalue weighted by molar-refractivity contribution is -0.143. The predicted molar refractivity (Wildman–Crippen MR) is 76.4 cm³/mol. The molecule has 21 heavy (non-hydrogen) atoms. The Hall–Kier alpha value is -2.30. The maximum absolute atomic E-state index is 11.2. The summed E-state index contributed by atoms with van der Waals surface area (Å²) < 4.78 is 10.1. The van der Waals surface area contributed by atoms with Gasteiger partial charge in [-0.3, -0.25) is 0 Å². The number of carboxylic acid groups (broad SMARTS) is 1. The summed E-state index contributed by atoms with van der Waals surface area (Å²) in [5.74, 6) is -0.621. The number of rotatable bonds is 5. The van der Waals surface area contributed by atoms with Gasteiger partial charge in [-0.2, -0.15) is 0 Å². The lowest BCUT2D eigenvalue weighted by atomic mass is 9.82. The molecule has 5 nitrogen and oxygen atoms in total. The van der Waals surface area contributed by atoms with Crippen molar-refractivity contribution < 1.29 is 24.2 Å². The van der Waals surface area contributed by atoms with Gasteiger partial charge >= 0.3 is 11.9 Å². The third-order valence-corrected chi connectivity index (χ3v) is 3.55. The topological polar surface area (TPSA) is 72.8 Å². The number of fused-ring (bicyclic) bond motifs is 1. The van der Waals surface area contributed by atoms with E-state index in [-0.39, 0.29) is 12.5 Å². The predicted octanol–water partition coefficient (Wildman–Crippen LogP) is 2.30. The molecule has 0 aliphatic heterocycles. The Morgan fingerprint density at radius 1 is 1.43 bits per heavy atom. The van der Waals surface area contributed by atoms with Crippen LogP contribution in [0, 0.1) is 0 Å². The van der Waals surface area contributed by atoms with Crippen LogP contribution in [0.3, 0.4) is 0 Å². The van der Waals surface area contributed by atoms with E-state index in [1.165, 1.54) is 13.2 Å². The molecule has 1 aromatic rings. The van der Waals surface area contributed by atoms with Crippen LogP contribution >= 0.6 is 0 Å². The number of carbonyl (C=O) groups is 2. The van der Waals surface area contributed by atoms with Gasteiger partial charge in [0.2, 0.25) is 0 Å². The van der Waals surface area contributed by atoms with Gasteiger partial charge in [0.25, 0.3) is 0 Å². The summed E-state index contributed by atoms with van der Waals surface area (Å²) in [5.41, 5.74) is 2.12. The van der Waals surface area contributed by atoms with E-state index in [1.807, 2.05) is 18.2 Å². The largest absolute Gasteiger partial charge is 0.482 e. The van der Waals surface area contributed by atoms with E-state index in [9.17, 15) is 9.59 Å². The zero-order valence-electron chi connectivity index (χ0n) is 11.9. The summed E-state index contributed by atoms with van der Waals surface area (Å²) in [6.45, 7) is -0.122. The van der Waals surface area contributed by atoms with Gasteiger partial charge < -0.3 is 14.6 Å². The smallest absolute Gasteiger partial charge is 0.343 e. The molecule has 1 unspecified atom stereocenters. The molecule has 0 saturated heterocycles. The first kappa shape index (κ1) is 15.1. The molecule has 0 saturated carbocycles. The number of hydrogen-bond acceptors (Lipinski definition) is 4. The highest BCUT2D eigenvalue weighted by Gasteiger charge is 2.21. The molecule has 2 rings (SSSR count). The number of carbonyl (C=O) groups excluding carboxylic acids is 1. The molecular weight excluding hydrogens is 272 g/mol. The Kier molecular flexibility index (Phi) is 4.98. The van der Waals surface area contributed by atoms with Crippen molar-refractivity contribution in [3.8, 4) is 5.75 Å². The van der Waals surface area contributed by atoms with Gasteiger partial charge in [0.1, 0.15) is 5.75 Å². The molecule has 1 aromatic carbocycles. The molecule has 0 radical (unpaired) electrons. The number of ether oxygens (including phenoxy) is 2. The highest BCUT2D eigenvalue weighted by molar-refractivity contribution is 5.80. The molecular formula is C16H18O5. The summed E-state index contributed by atoms with van der Waals surface area (Å²) in [6.07, 6.45) is 5.63. The van der Waals surface area contributed by atoms with E-state index >= 15 is 0 Å². The van der Waals surface area contributed by atoms with E-state index in [1.54, 1.807) is 6.08 Å². The van der Waals surface area contributed by atoms with E-state index < -0.39 is 11.9 Å². The number of aliphatic carboxylic acids is 1. The van der Waals surface area contributed by atoms with Crippen molar-refractivity contribution in [3.05, 3.63) is 41.5 Å². The van der Waals surface area contributed by atoms with Gasteiger partial charge in [-0.15, -0.1) is 0 Å². The monoisotopic (exact) mass is 290 g/mol. The highest BCUT2D eigenvalue weighted by Crippen LogP contribution is 2.37. The molecule has 0 aromatic heterocycles. The van der Waals surface area contributed by atoms with Gasteiger partial charge in [0, 0.05) is 12.0 Å². The fourth-order valence-electron chi connectivity index (χ4n) is 2.58. The summed E-state index contributed by atoms with van der Waals surface area (Å²) >= 11 is 0. The van der Waals surface area contributed by atoms with Crippen LogP contribution in [-0.2, 0) is 20.7 Å². The Bertz CT molecular complexity index is 562. The summed E-state index contributed by atoms with van der Waals surface area (Å²) in [4.78, 5) is 21.8. The number of hydrogen-bond donors (Lipinski definition) is 1. The van der Waals surface area contributed by atoms with E-state index in [4.69, 9.17) is 9.84 Å². The second-order valence-corrected chi connectivity index (χ2v) is 4.88. The van der Waals surface area contributed by atoms with Gasteiger partial charge in [-0.25, -0.2) is 9.59 Å². The molecule has 0 heterocycles. The molecule has 1 aliphatic rings. The SMILES string of the molecule is COC(=O)COc1cccc2c1CCCC2C=CC(=O)O. The van der Waals surface area contributed by atoms with Gasteiger partial charge in [-0.1, -0.05) is 18.2 Å². The van der Waals surface area contributed by atoms with Crippen LogP contribution in [-0.4, -0.2) is 30.8 Å². The van der Waals surface area contributed by atoms with E-state index in [2.05, 4.69) is 4.74 Å². The fourth-order valence-corrected chi connectivity index (χ4v) is 2.58. The number of methoxy groups -OCH3 is 1. The van der Waals surface area contributed by atoms with Crippen LogP contribution in [0.1, 0.15) is 29.9 Å². The molecule has 112 valence electrons. The minimum absolute atomic E-state index is 0.0755. The highest BCUT2D eigenvalue weighted by atomic mass is 16.6. The van der Waals surface area contributed by atoms with Gasteiger partial charge in [0.15, 0.2) is 6.61 Å². The van der Waals surface area contributed by atoms with Crippen LogP contribution in [0.4, 0.5) is 0 Å². The van der Waals surface area contributed by atoms with Crippen LogP contribution < -0.4 is 4.74 Å². The third-order valence-electron chi connectivity index (χ3n) is 3.55.